The summed E-state index contributed by atoms with van der Waals surface area (Å²) in [4.78, 5) is 16.5. The molecule has 0 saturated heterocycles. The molecule has 1 heterocycles. The zero-order chi connectivity index (χ0) is 18.4. The predicted octanol–water partition coefficient (Wildman–Crippen LogP) is 3.56. The fraction of sp³-hybridized carbons (Fsp3) is 0.167. The Hall–Kier alpha value is -2.58. The standard InChI is InChI=1S/C18H17N3O3S2/c1-23-13-7-8-15(24-2)12(9-13)10-19-21-17(22)11-25-18-20-14-5-3-4-6-16(14)26-18/h3-10H,11H2,1-2H3,(H,21,22)/b19-10+. The van der Waals surface area contributed by atoms with Crippen LogP contribution < -0.4 is 14.9 Å². The molecule has 1 amide bonds. The van der Waals surface area contributed by atoms with Crippen LogP contribution in [-0.2, 0) is 4.79 Å². The van der Waals surface area contributed by atoms with Crippen molar-refractivity contribution in [2.45, 2.75) is 4.34 Å². The van der Waals surface area contributed by atoms with E-state index in [1.807, 2.05) is 24.3 Å². The zero-order valence-corrected chi connectivity index (χ0v) is 15.9. The van der Waals surface area contributed by atoms with Gasteiger partial charge < -0.3 is 9.47 Å². The van der Waals surface area contributed by atoms with Crippen molar-refractivity contribution < 1.29 is 14.3 Å². The summed E-state index contributed by atoms with van der Waals surface area (Å²) in [6.45, 7) is 0. The molecular formula is C18H17N3O3S2. The van der Waals surface area contributed by atoms with Crippen molar-refractivity contribution in [2.24, 2.45) is 5.10 Å². The number of carbonyl (C=O) groups is 1. The second-order valence-corrected chi connectivity index (χ2v) is 7.39. The van der Waals surface area contributed by atoms with Crippen LogP contribution in [0, 0.1) is 0 Å². The number of aromatic nitrogens is 1. The molecule has 1 N–H and O–H groups in total. The first-order valence-corrected chi connectivity index (χ1v) is 9.52. The number of hydrogen-bond acceptors (Lipinski definition) is 7. The highest BCUT2D eigenvalue weighted by molar-refractivity contribution is 8.01. The summed E-state index contributed by atoms with van der Waals surface area (Å²) in [5, 5.41) is 3.99. The quantitative estimate of drug-likeness (QED) is 0.381. The second-order valence-electron chi connectivity index (χ2n) is 5.14. The number of nitrogens with one attached hydrogen (secondary N) is 1. The van der Waals surface area contributed by atoms with Crippen molar-refractivity contribution in [1.82, 2.24) is 10.4 Å². The summed E-state index contributed by atoms with van der Waals surface area (Å²) in [7, 11) is 3.16. The van der Waals surface area contributed by atoms with Gasteiger partial charge in [-0.2, -0.15) is 5.10 Å². The Balaban J connectivity index is 1.56. The monoisotopic (exact) mass is 387 g/mol. The van der Waals surface area contributed by atoms with Crippen LogP contribution >= 0.6 is 23.1 Å². The lowest BCUT2D eigenvalue weighted by Crippen LogP contribution is -2.19. The first kappa shape index (κ1) is 18.2. The smallest absolute Gasteiger partial charge is 0.250 e. The maximum absolute atomic E-state index is 12.0. The Kier molecular flexibility index (Phi) is 6.08. The largest absolute Gasteiger partial charge is 0.497 e. The number of carbonyl (C=O) groups excluding carboxylic acids is 1. The van der Waals surface area contributed by atoms with Gasteiger partial charge in [0.25, 0.3) is 5.91 Å². The highest BCUT2D eigenvalue weighted by atomic mass is 32.2. The van der Waals surface area contributed by atoms with Crippen LogP contribution in [0.4, 0.5) is 0 Å². The molecule has 0 aliphatic carbocycles. The first-order valence-electron chi connectivity index (χ1n) is 7.72. The van der Waals surface area contributed by atoms with E-state index in [0.29, 0.717) is 17.1 Å². The molecule has 0 saturated carbocycles. The van der Waals surface area contributed by atoms with E-state index >= 15 is 0 Å². The van der Waals surface area contributed by atoms with E-state index in [1.54, 1.807) is 43.8 Å². The van der Waals surface area contributed by atoms with Crippen LogP contribution in [-0.4, -0.2) is 37.1 Å². The number of fused-ring (bicyclic) bond motifs is 1. The van der Waals surface area contributed by atoms with E-state index in [4.69, 9.17) is 9.47 Å². The minimum Gasteiger partial charge on any atom is -0.497 e. The number of thioether (sulfide) groups is 1. The minimum atomic E-state index is -0.202. The van der Waals surface area contributed by atoms with Gasteiger partial charge in [0, 0.05) is 5.56 Å². The van der Waals surface area contributed by atoms with Crippen molar-refractivity contribution >= 4 is 45.4 Å². The molecule has 0 unspecified atom stereocenters. The van der Waals surface area contributed by atoms with E-state index in [0.717, 1.165) is 14.6 Å². The molecule has 0 aliphatic rings. The molecule has 3 aromatic rings. The third-order valence-corrected chi connectivity index (χ3v) is 5.61. The van der Waals surface area contributed by atoms with Crippen molar-refractivity contribution in [2.75, 3.05) is 20.0 Å². The molecule has 134 valence electrons. The van der Waals surface area contributed by atoms with E-state index < -0.39 is 0 Å². The molecule has 3 rings (SSSR count). The van der Waals surface area contributed by atoms with Gasteiger partial charge >= 0.3 is 0 Å². The number of para-hydroxylation sites is 1. The highest BCUT2D eigenvalue weighted by Crippen LogP contribution is 2.29. The van der Waals surface area contributed by atoms with Crippen molar-refractivity contribution in [3.8, 4) is 11.5 Å². The van der Waals surface area contributed by atoms with Gasteiger partial charge in [-0.1, -0.05) is 23.9 Å². The third kappa shape index (κ3) is 4.53. The average Bonchev–Trinajstić information content (AvgIpc) is 3.09. The van der Waals surface area contributed by atoms with Crippen LogP contribution in [0.1, 0.15) is 5.56 Å². The number of methoxy groups -OCH3 is 2. The van der Waals surface area contributed by atoms with Crippen molar-refractivity contribution in [1.29, 1.82) is 0 Å². The number of nitrogens with zero attached hydrogens (tertiary/aromatic N) is 2. The Morgan fingerprint density at radius 1 is 1.27 bits per heavy atom. The maximum Gasteiger partial charge on any atom is 0.250 e. The number of ether oxygens (including phenoxy) is 2. The highest BCUT2D eigenvalue weighted by Gasteiger charge is 2.07. The zero-order valence-electron chi connectivity index (χ0n) is 14.3. The number of benzene rings is 2. The topological polar surface area (TPSA) is 72.8 Å². The van der Waals surface area contributed by atoms with Gasteiger partial charge in [0.05, 0.1) is 36.4 Å². The van der Waals surface area contributed by atoms with Crippen molar-refractivity contribution in [3.63, 3.8) is 0 Å². The van der Waals surface area contributed by atoms with Gasteiger partial charge in [-0.25, -0.2) is 10.4 Å². The average molecular weight is 387 g/mol. The lowest BCUT2D eigenvalue weighted by molar-refractivity contribution is -0.118. The molecule has 0 atom stereocenters. The van der Waals surface area contributed by atoms with Gasteiger partial charge in [-0.3, -0.25) is 4.79 Å². The lowest BCUT2D eigenvalue weighted by Gasteiger charge is -2.06. The summed E-state index contributed by atoms with van der Waals surface area (Å²) in [5.74, 6) is 1.37. The van der Waals surface area contributed by atoms with Crippen LogP contribution in [0.3, 0.4) is 0 Å². The van der Waals surface area contributed by atoms with Crippen LogP contribution in [0.5, 0.6) is 11.5 Å². The van der Waals surface area contributed by atoms with E-state index in [9.17, 15) is 4.79 Å². The van der Waals surface area contributed by atoms with Gasteiger partial charge in [-0.15, -0.1) is 11.3 Å². The second kappa shape index (κ2) is 8.68. The first-order chi connectivity index (χ1) is 12.7. The van der Waals surface area contributed by atoms with E-state index in [-0.39, 0.29) is 11.7 Å². The normalized spacial score (nSPS) is 11.0. The Morgan fingerprint density at radius 2 is 2.12 bits per heavy atom. The van der Waals surface area contributed by atoms with E-state index in [2.05, 4.69) is 15.5 Å². The summed E-state index contributed by atoms with van der Waals surface area (Å²) in [5.41, 5.74) is 4.18. The van der Waals surface area contributed by atoms with Gasteiger partial charge in [0.15, 0.2) is 4.34 Å². The third-order valence-electron chi connectivity index (χ3n) is 3.43. The molecule has 1 aromatic heterocycles. The Morgan fingerprint density at radius 3 is 2.88 bits per heavy atom. The Labute approximate surface area is 159 Å². The molecule has 0 bridgehead atoms. The maximum atomic E-state index is 12.0. The van der Waals surface area contributed by atoms with Crippen LogP contribution in [0.2, 0.25) is 0 Å². The number of amides is 1. The summed E-state index contributed by atoms with van der Waals surface area (Å²) < 4.78 is 12.4. The predicted molar refractivity (Wildman–Crippen MR) is 106 cm³/mol. The lowest BCUT2D eigenvalue weighted by atomic mass is 10.2. The Bertz CT molecular complexity index is 907. The minimum absolute atomic E-state index is 0.202. The number of hydrazone groups is 1. The summed E-state index contributed by atoms with van der Waals surface area (Å²) >= 11 is 2.96. The van der Waals surface area contributed by atoms with Crippen LogP contribution in [0.15, 0.2) is 51.9 Å². The molecule has 0 radical (unpaired) electrons. The summed E-state index contributed by atoms with van der Waals surface area (Å²) in [6, 6.07) is 13.3. The molecule has 2 aromatic carbocycles. The van der Waals surface area contributed by atoms with E-state index in [1.165, 1.54) is 18.0 Å². The van der Waals surface area contributed by atoms with Crippen molar-refractivity contribution in [3.05, 3.63) is 48.0 Å². The molecule has 0 aliphatic heterocycles. The fourth-order valence-corrected chi connectivity index (χ4v) is 4.05. The van der Waals surface area contributed by atoms with Gasteiger partial charge in [0.2, 0.25) is 0 Å². The molecular weight excluding hydrogens is 370 g/mol. The number of hydrogen-bond donors (Lipinski definition) is 1. The van der Waals surface area contributed by atoms with Crippen LogP contribution in [0.25, 0.3) is 10.2 Å². The molecule has 6 nitrogen and oxygen atoms in total. The molecule has 26 heavy (non-hydrogen) atoms. The van der Waals surface area contributed by atoms with Gasteiger partial charge in [-0.05, 0) is 30.3 Å². The molecule has 0 fully saturated rings. The molecule has 8 heteroatoms. The summed E-state index contributed by atoms with van der Waals surface area (Å²) in [6.07, 6.45) is 1.53. The molecule has 0 spiro atoms. The fourth-order valence-electron chi connectivity index (χ4n) is 2.19. The number of rotatable bonds is 7. The van der Waals surface area contributed by atoms with Gasteiger partial charge in [0.1, 0.15) is 11.5 Å². The SMILES string of the molecule is COc1ccc(OC)c(/C=N/NC(=O)CSc2nc3ccccc3s2)c1. The number of thiazole rings is 1.